The summed E-state index contributed by atoms with van der Waals surface area (Å²) in [7, 11) is 0. The van der Waals surface area contributed by atoms with Crippen molar-refractivity contribution in [3.05, 3.63) is 47.4 Å². The maximum atomic E-state index is 12.4. The zero-order valence-electron chi connectivity index (χ0n) is 16.8. The summed E-state index contributed by atoms with van der Waals surface area (Å²) in [5.41, 5.74) is 2.89. The number of nitrogens with zero attached hydrogens (tertiary/aromatic N) is 3. The summed E-state index contributed by atoms with van der Waals surface area (Å²) in [6, 6.07) is 8.11. The maximum Gasteiger partial charge on any atom is 0.234 e. The van der Waals surface area contributed by atoms with Crippen LogP contribution >= 0.6 is 11.6 Å². The summed E-state index contributed by atoms with van der Waals surface area (Å²) in [5, 5.41) is 3.93. The van der Waals surface area contributed by atoms with Crippen LogP contribution in [0.25, 0.3) is 11.3 Å². The predicted octanol–water partition coefficient (Wildman–Crippen LogP) is 4.43. The topological polar surface area (TPSA) is 58.1 Å². The number of likely N-dealkylation sites (tertiary alicyclic amines) is 1. The van der Waals surface area contributed by atoms with Crippen molar-refractivity contribution in [2.45, 2.75) is 56.9 Å². The van der Waals surface area contributed by atoms with Crippen molar-refractivity contribution in [3.8, 4) is 11.3 Å². The summed E-state index contributed by atoms with van der Waals surface area (Å²) in [4.78, 5) is 23.9. The average Bonchev–Trinajstić information content (AvgIpc) is 2.75. The van der Waals surface area contributed by atoms with Crippen molar-refractivity contribution in [1.82, 2.24) is 20.2 Å². The van der Waals surface area contributed by atoms with Crippen LogP contribution < -0.4 is 5.32 Å². The van der Waals surface area contributed by atoms with Crippen LogP contribution in [0.3, 0.4) is 0 Å². The van der Waals surface area contributed by atoms with E-state index in [2.05, 4.69) is 15.2 Å². The lowest BCUT2D eigenvalue weighted by atomic mass is 9.93. The van der Waals surface area contributed by atoms with Gasteiger partial charge < -0.3 is 5.32 Å². The van der Waals surface area contributed by atoms with E-state index in [-0.39, 0.29) is 5.91 Å². The molecular weight excluding hydrogens is 384 g/mol. The summed E-state index contributed by atoms with van der Waals surface area (Å²) in [6.07, 6.45) is 11.7. The number of nitrogens with one attached hydrogen (secondary N) is 1. The van der Waals surface area contributed by atoms with E-state index in [1.54, 1.807) is 6.20 Å². The minimum Gasteiger partial charge on any atom is -0.352 e. The number of carbonyl (C=O) groups excluding carboxylic acids is 1. The summed E-state index contributed by atoms with van der Waals surface area (Å²) in [5.74, 6) is 0.567. The third-order valence-electron chi connectivity index (χ3n) is 6.12. The third-order valence-corrected chi connectivity index (χ3v) is 6.35. The minimum absolute atomic E-state index is 0.179. The van der Waals surface area contributed by atoms with Crippen LogP contribution in [-0.2, 0) is 4.79 Å². The quantitative estimate of drug-likeness (QED) is 0.789. The number of amides is 1. The van der Waals surface area contributed by atoms with E-state index in [4.69, 9.17) is 16.6 Å². The number of hydrogen-bond donors (Lipinski definition) is 1. The molecule has 1 aromatic carbocycles. The van der Waals surface area contributed by atoms with Gasteiger partial charge in [-0.3, -0.25) is 14.7 Å². The Bertz CT molecular complexity index is 829. The molecule has 1 amide bonds. The first-order chi connectivity index (χ1) is 14.2. The van der Waals surface area contributed by atoms with Gasteiger partial charge in [-0.15, -0.1) is 0 Å². The molecule has 2 fully saturated rings. The second-order valence-corrected chi connectivity index (χ2v) is 8.73. The van der Waals surface area contributed by atoms with Gasteiger partial charge in [0.2, 0.25) is 5.91 Å². The average molecular weight is 413 g/mol. The molecule has 0 spiro atoms. The van der Waals surface area contributed by atoms with Gasteiger partial charge in [0.15, 0.2) is 0 Å². The third kappa shape index (κ3) is 5.55. The van der Waals surface area contributed by atoms with Gasteiger partial charge in [0.05, 0.1) is 24.1 Å². The molecule has 2 heterocycles. The van der Waals surface area contributed by atoms with Crippen molar-refractivity contribution in [3.63, 3.8) is 0 Å². The number of carbonyl (C=O) groups is 1. The number of benzene rings is 1. The first kappa shape index (κ1) is 20.3. The van der Waals surface area contributed by atoms with Gasteiger partial charge in [-0.2, -0.15) is 0 Å². The molecule has 2 aromatic rings. The molecule has 29 heavy (non-hydrogen) atoms. The van der Waals surface area contributed by atoms with Gasteiger partial charge in [0, 0.05) is 28.7 Å². The number of rotatable bonds is 5. The normalized spacial score (nSPS) is 19.2. The second-order valence-electron chi connectivity index (χ2n) is 8.29. The molecule has 0 unspecified atom stereocenters. The van der Waals surface area contributed by atoms with Gasteiger partial charge in [0.1, 0.15) is 0 Å². The Morgan fingerprint density at radius 3 is 2.66 bits per heavy atom. The standard InChI is InChI=1S/C23H29ClN4O/c24-19-6-4-5-18(13-19)22-15-25-14-21(27-22)17-9-11-28(12-10-17)16-23(29)26-20-7-2-1-3-8-20/h4-6,13-15,17,20H,1-3,7-12,16H2,(H,26,29). The van der Waals surface area contributed by atoms with Crippen molar-refractivity contribution in [2.75, 3.05) is 19.6 Å². The molecule has 6 heteroatoms. The summed E-state index contributed by atoms with van der Waals surface area (Å²) in [6.45, 7) is 2.36. The van der Waals surface area contributed by atoms with Crippen LogP contribution in [0.2, 0.25) is 5.02 Å². The minimum atomic E-state index is 0.179. The van der Waals surface area contributed by atoms with Gasteiger partial charge in [-0.25, -0.2) is 4.98 Å². The smallest absolute Gasteiger partial charge is 0.234 e. The van der Waals surface area contributed by atoms with Crippen molar-refractivity contribution < 1.29 is 4.79 Å². The second kappa shape index (κ2) is 9.68. The molecular formula is C23H29ClN4O. The summed E-state index contributed by atoms with van der Waals surface area (Å²) >= 11 is 6.12. The fraction of sp³-hybridized carbons (Fsp3) is 0.522. The van der Waals surface area contributed by atoms with Crippen molar-refractivity contribution >= 4 is 17.5 Å². The van der Waals surface area contributed by atoms with E-state index in [1.165, 1.54) is 19.3 Å². The molecule has 1 aliphatic carbocycles. The monoisotopic (exact) mass is 412 g/mol. The molecule has 154 valence electrons. The number of piperidine rings is 1. The van der Waals surface area contributed by atoms with Crippen molar-refractivity contribution in [1.29, 1.82) is 0 Å². The van der Waals surface area contributed by atoms with E-state index < -0.39 is 0 Å². The van der Waals surface area contributed by atoms with E-state index in [0.29, 0.717) is 23.5 Å². The fourth-order valence-corrected chi connectivity index (χ4v) is 4.67. The largest absolute Gasteiger partial charge is 0.352 e. The number of hydrogen-bond acceptors (Lipinski definition) is 4. The highest BCUT2D eigenvalue weighted by Crippen LogP contribution is 2.28. The molecule has 4 rings (SSSR count). The lowest BCUT2D eigenvalue weighted by molar-refractivity contribution is -0.123. The van der Waals surface area contributed by atoms with Gasteiger partial charge in [-0.1, -0.05) is 43.0 Å². The van der Waals surface area contributed by atoms with E-state index >= 15 is 0 Å². The highest BCUT2D eigenvalue weighted by molar-refractivity contribution is 6.30. The molecule has 2 aliphatic rings. The molecule has 0 bridgehead atoms. The Labute approximate surface area is 177 Å². The van der Waals surface area contributed by atoms with Crippen LogP contribution in [0, 0.1) is 0 Å². The molecule has 1 saturated carbocycles. The molecule has 0 atom stereocenters. The highest BCUT2D eigenvalue weighted by atomic mass is 35.5. The lowest BCUT2D eigenvalue weighted by Gasteiger charge is -2.32. The first-order valence-electron chi connectivity index (χ1n) is 10.8. The molecule has 1 saturated heterocycles. The fourth-order valence-electron chi connectivity index (χ4n) is 4.47. The lowest BCUT2D eigenvalue weighted by Crippen LogP contribution is -2.44. The van der Waals surface area contributed by atoms with Gasteiger partial charge >= 0.3 is 0 Å². The van der Waals surface area contributed by atoms with E-state index in [9.17, 15) is 4.79 Å². The van der Waals surface area contributed by atoms with E-state index in [1.807, 2.05) is 30.5 Å². The molecule has 1 aliphatic heterocycles. The Morgan fingerprint density at radius 1 is 1.10 bits per heavy atom. The van der Waals surface area contributed by atoms with Crippen LogP contribution in [0.5, 0.6) is 0 Å². The highest BCUT2D eigenvalue weighted by Gasteiger charge is 2.24. The zero-order valence-corrected chi connectivity index (χ0v) is 17.6. The first-order valence-corrected chi connectivity index (χ1v) is 11.1. The van der Waals surface area contributed by atoms with Gasteiger partial charge in [0.25, 0.3) is 0 Å². The van der Waals surface area contributed by atoms with E-state index in [0.717, 1.165) is 55.7 Å². The Morgan fingerprint density at radius 2 is 1.90 bits per heavy atom. The Kier molecular flexibility index (Phi) is 6.78. The van der Waals surface area contributed by atoms with Crippen molar-refractivity contribution in [2.24, 2.45) is 0 Å². The SMILES string of the molecule is O=C(CN1CCC(c2cncc(-c3cccc(Cl)c3)n2)CC1)NC1CCCCC1. The number of aromatic nitrogens is 2. The van der Waals surface area contributed by atoms with Crippen LogP contribution in [0.1, 0.15) is 56.6 Å². The predicted molar refractivity (Wildman–Crippen MR) is 116 cm³/mol. The number of halogens is 1. The Hall–Kier alpha value is -1.98. The van der Waals surface area contributed by atoms with Gasteiger partial charge in [-0.05, 0) is 50.9 Å². The van der Waals surface area contributed by atoms with Crippen LogP contribution in [0.15, 0.2) is 36.7 Å². The van der Waals surface area contributed by atoms with Crippen LogP contribution in [-0.4, -0.2) is 46.5 Å². The molecule has 0 radical (unpaired) electrons. The zero-order chi connectivity index (χ0) is 20.1. The maximum absolute atomic E-state index is 12.4. The Balaban J connectivity index is 1.30. The molecule has 1 N–H and O–H groups in total. The molecule has 1 aromatic heterocycles. The summed E-state index contributed by atoms with van der Waals surface area (Å²) < 4.78 is 0. The van der Waals surface area contributed by atoms with Crippen LogP contribution in [0.4, 0.5) is 0 Å². The molecule has 5 nitrogen and oxygen atoms in total.